The lowest BCUT2D eigenvalue weighted by Crippen LogP contribution is -1.93. The van der Waals surface area contributed by atoms with E-state index in [-0.39, 0.29) is 0 Å². The Morgan fingerprint density at radius 1 is 0.765 bits per heavy atom. The van der Waals surface area contributed by atoms with Crippen LogP contribution >= 0.6 is 0 Å². The maximum absolute atomic E-state index is 6.00. The largest absolute Gasteiger partial charge is 0.398 e. The first-order chi connectivity index (χ1) is 8.20. The molecule has 0 unspecified atom stereocenters. The lowest BCUT2D eigenvalue weighted by atomic mass is 9.96. The molecule has 0 spiro atoms. The van der Waals surface area contributed by atoms with Crippen LogP contribution in [-0.4, -0.2) is 0 Å². The van der Waals surface area contributed by atoms with Crippen molar-refractivity contribution < 1.29 is 0 Å². The summed E-state index contributed by atoms with van der Waals surface area (Å²) in [6.45, 7) is 4.26. The number of benzene rings is 2. The van der Waals surface area contributed by atoms with Crippen LogP contribution in [0.1, 0.15) is 25.0 Å². The summed E-state index contributed by atoms with van der Waals surface area (Å²) in [5.41, 5.74) is 11.7. The summed E-state index contributed by atoms with van der Waals surface area (Å²) in [5, 5.41) is 0. The van der Waals surface area contributed by atoms with E-state index in [1.807, 2.05) is 24.3 Å². The van der Waals surface area contributed by atoms with Crippen LogP contribution in [0.5, 0.6) is 0 Å². The Morgan fingerprint density at radius 2 is 1.35 bits per heavy atom. The topological polar surface area (TPSA) is 26.0 Å². The molecule has 0 fully saturated rings. The van der Waals surface area contributed by atoms with Gasteiger partial charge in [0.25, 0.3) is 0 Å². The summed E-state index contributed by atoms with van der Waals surface area (Å²) in [6.07, 6.45) is 0. The minimum absolute atomic E-state index is 0.834. The Hall–Kier alpha value is -2.02. The van der Waals surface area contributed by atoms with Crippen LogP contribution in [0.15, 0.2) is 54.6 Å². The van der Waals surface area contributed by atoms with Crippen LogP contribution in [-0.2, 0) is 0 Å². The maximum atomic E-state index is 6.00. The third-order valence-corrected chi connectivity index (χ3v) is 3.13. The number of hydrogen-bond donors (Lipinski definition) is 1. The fourth-order valence-electron chi connectivity index (χ4n) is 1.95. The van der Waals surface area contributed by atoms with Gasteiger partial charge in [-0.05, 0) is 36.6 Å². The molecular formula is C16H17N. The van der Waals surface area contributed by atoms with Gasteiger partial charge in [0.2, 0.25) is 0 Å². The van der Waals surface area contributed by atoms with Crippen molar-refractivity contribution in [3.8, 4) is 0 Å². The Kier molecular flexibility index (Phi) is 3.29. The van der Waals surface area contributed by atoms with Crippen LogP contribution in [0.3, 0.4) is 0 Å². The van der Waals surface area contributed by atoms with Gasteiger partial charge in [-0.1, -0.05) is 48.5 Å². The molecule has 0 radical (unpaired) electrons. The van der Waals surface area contributed by atoms with Crippen molar-refractivity contribution >= 4 is 16.8 Å². The lowest BCUT2D eigenvalue weighted by Gasteiger charge is -2.10. The van der Waals surface area contributed by atoms with Crippen molar-refractivity contribution in [2.24, 2.45) is 0 Å². The van der Waals surface area contributed by atoms with E-state index in [0.29, 0.717) is 0 Å². The molecule has 0 aliphatic rings. The molecule has 1 heteroatoms. The lowest BCUT2D eigenvalue weighted by molar-refractivity contribution is 1.51. The maximum Gasteiger partial charge on any atom is 0.0390 e. The van der Waals surface area contributed by atoms with Crippen LogP contribution in [0.2, 0.25) is 0 Å². The van der Waals surface area contributed by atoms with Crippen molar-refractivity contribution in [3.63, 3.8) is 0 Å². The highest BCUT2D eigenvalue weighted by atomic mass is 14.6. The molecule has 0 amide bonds. The zero-order valence-electron chi connectivity index (χ0n) is 10.3. The van der Waals surface area contributed by atoms with E-state index < -0.39 is 0 Å². The van der Waals surface area contributed by atoms with Crippen molar-refractivity contribution in [1.29, 1.82) is 0 Å². The molecule has 2 rings (SSSR count). The van der Waals surface area contributed by atoms with Crippen LogP contribution < -0.4 is 5.73 Å². The van der Waals surface area contributed by atoms with E-state index in [1.165, 1.54) is 16.7 Å². The summed E-state index contributed by atoms with van der Waals surface area (Å²) in [4.78, 5) is 0. The molecule has 0 aliphatic carbocycles. The van der Waals surface area contributed by atoms with Crippen LogP contribution in [0, 0.1) is 0 Å². The van der Waals surface area contributed by atoms with Gasteiger partial charge in [-0.2, -0.15) is 0 Å². The second-order valence-electron chi connectivity index (χ2n) is 4.20. The van der Waals surface area contributed by atoms with E-state index in [0.717, 1.165) is 11.3 Å². The fourth-order valence-corrected chi connectivity index (χ4v) is 1.95. The molecule has 2 aromatic carbocycles. The number of allylic oxidation sites excluding steroid dienone is 2. The third-order valence-electron chi connectivity index (χ3n) is 3.13. The predicted octanol–water partition coefficient (Wildman–Crippen LogP) is 4.22. The first kappa shape index (κ1) is 11.5. The average molecular weight is 223 g/mol. The second-order valence-corrected chi connectivity index (χ2v) is 4.20. The number of anilines is 1. The normalized spacial score (nSPS) is 12.1. The van der Waals surface area contributed by atoms with Gasteiger partial charge in [0.05, 0.1) is 0 Å². The highest BCUT2D eigenvalue weighted by Crippen LogP contribution is 2.28. The molecule has 0 saturated heterocycles. The molecule has 1 nitrogen and oxygen atoms in total. The summed E-state index contributed by atoms with van der Waals surface area (Å²) < 4.78 is 0. The van der Waals surface area contributed by atoms with Gasteiger partial charge >= 0.3 is 0 Å². The second kappa shape index (κ2) is 4.88. The Morgan fingerprint density at radius 3 is 2.00 bits per heavy atom. The molecule has 17 heavy (non-hydrogen) atoms. The van der Waals surface area contributed by atoms with Crippen molar-refractivity contribution in [2.45, 2.75) is 13.8 Å². The Balaban J connectivity index is 2.50. The van der Waals surface area contributed by atoms with E-state index in [9.17, 15) is 0 Å². The average Bonchev–Trinajstić information content (AvgIpc) is 2.39. The van der Waals surface area contributed by atoms with Gasteiger partial charge in [0, 0.05) is 11.3 Å². The minimum atomic E-state index is 0.834. The van der Waals surface area contributed by atoms with Gasteiger partial charge in [0.15, 0.2) is 0 Å². The van der Waals surface area contributed by atoms with Gasteiger partial charge in [-0.15, -0.1) is 0 Å². The molecule has 2 N–H and O–H groups in total. The number of para-hydroxylation sites is 1. The monoisotopic (exact) mass is 223 g/mol. The molecule has 0 atom stereocenters. The summed E-state index contributed by atoms with van der Waals surface area (Å²) in [6, 6.07) is 18.4. The molecular weight excluding hydrogens is 206 g/mol. The van der Waals surface area contributed by atoms with Gasteiger partial charge in [-0.25, -0.2) is 0 Å². The molecule has 0 heterocycles. The number of nitrogens with two attached hydrogens (primary N) is 1. The Bertz CT molecular complexity index is 538. The molecule has 0 aliphatic heterocycles. The summed E-state index contributed by atoms with van der Waals surface area (Å²) in [7, 11) is 0. The van der Waals surface area contributed by atoms with E-state index in [1.54, 1.807) is 0 Å². The zero-order valence-corrected chi connectivity index (χ0v) is 10.3. The predicted molar refractivity (Wildman–Crippen MR) is 75.5 cm³/mol. The fraction of sp³-hybridized carbons (Fsp3) is 0.125. The highest BCUT2D eigenvalue weighted by Gasteiger charge is 2.05. The van der Waals surface area contributed by atoms with Crippen molar-refractivity contribution in [2.75, 3.05) is 5.73 Å². The third kappa shape index (κ3) is 2.39. The molecule has 0 saturated carbocycles. The van der Waals surface area contributed by atoms with Crippen LogP contribution in [0.25, 0.3) is 11.1 Å². The molecule has 2 aromatic rings. The smallest absolute Gasteiger partial charge is 0.0390 e. The highest BCUT2D eigenvalue weighted by molar-refractivity contribution is 5.91. The SMILES string of the molecule is CC(=C(C)c1ccccc1N)c1ccccc1. The first-order valence-corrected chi connectivity index (χ1v) is 5.78. The number of hydrogen-bond acceptors (Lipinski definition) is 1. The van der Waals surface area contributed by atoms with Crippen LogP contribution in [0.4, 0.5) is 5.69 Å². The standard InChI is InChI=1S/C16H17N/c1-12(14-8-4-3-5-9-14)13(2)15-10-6-7-11-16(15)17/h3-11H,17H2,1-2H3. The van der Waals surface area contributed by atoms with E-state index in [2.05, 4.69) is 44.2 Å². The van der Waals surface area contributed by atoms with Gasteiger partial charge < -0.3 is 5.73 Å². The Labute approximate surface area is 103 Å². The summed E-state index contributed by atoms with van der Waals surface area (Å²) in [5.74, 6) is 0. The zero-order chi connectivity index (χ0) is 12.3. The molecule has 0 bridgehead atoms. The molecule has 0 aromatic heterocycles. The minimum Gasteiger partial charge on any atom is -0.398 e. The molecule has 86 valence electrons. The number of rotatable bonds is 2. The van der Waals surface area contributed by atoms with Crippen molar-refractivity contribution in [1.82, 2.24) is 0 Å². The van der Waals surface area contributed by atoms with Gasteiger partial charge in [0.1, 0.15) is 0 Å². The van der Waals surface area contributed by atoms with E-state index in [4.69, 9.17) is 5.73 Å². The first-order valence-electron chi connectivity index (χ1n) is 5.78. The number of nitrogen functional groups attached to an aromatic ring is 1. The summed E-state index contributed by atoms with van der Waals surface area (Å²) >= 11 is 0. The van der Waals surface area contributed by atoms with Gasteiger partial charge in [-0.3, -0.25) is 0 Å². The quantitative estimate of drug-likeness (QED) is 0.598. The van der Waals surface area contributed by atoms with Crippen molar-refractivity contribution in [3.05, 3.63) is 65.7 Å². The van der Waals surface area contributed by atoms with E-state index >= 15 is 0 Å².